The van der Waals surface area contributed by atoms with Gasteiger partial charge < -0.3 is 40.3 Å². The van der Waals surface area contributed by atoms with Crippen molar-refractivity contribution in [2.75, 3.05) is 13.2 Å². The summed E-state index contributed by atoms with van der Waals surface area (Å²) in [5.74, 6) is -0.194. The van der Waals surface area contributed by atoms with E-state index in [0.29, 0.717) is 6.42 Å². The van der Waals surface area contributed by atoms with Gasteiger partial charge in [-0.1, -0.05) is 165 Å². The van der Waals surface area contributed by atoms with Gasteiger partial charge in [0, 0.05) is 6.42 Å². The molecule has 7 atom stereocenters. The van der Waals surface area contributed by atoms with Gasteiger partial charge >= 0.3 is 0 Å². The highest BCUT2D eigenvalue weighted by atomic mass is 16.7. The number of nitrogens with one attached hydrogen (secondary N) is 1. The maximum absolute atomic E-state index is 12.9. The Labute approximate surface area is 335 Å². The maximum Gasteiger partial charge on any atom is 0.220 e. The van der Waals surface area contributed by atoms with Crippen molar-refractivity contribution in [2.45, 2.75) is 224 Å². The van der Waals surface area contributed by atoms with Gasteiger partial charge in [0.05, 0.1) is 25.4 Å². The Kier molecular flexibility index (Phi) is 33.9. The van der Waals surface area contributed by atoms with E-state index in [0.717, 1.165) is 44.9 Å². The van der Waals surface area contributed by atoms with Crippen LogP contribution < -0.4 is 5.32 Å². The van der Waals surface area contributed by atoms with Gasteiger partial charge in [0.2, 0.25) is 5.91 Å². The molecule has 0 spiro atoms. The third-order valence-electron chi connectivity index (χ3n) is 10.4. The standard InChI is InChI=1S/C46H83NO8/c1-3-5-7-9-11-13-15-17-18-19-20-21-22-24-26-28-30-32-34-36-42(50)47-39(38-54-46-45(53)44(52)43(51)41(37-48)55-46)40(49)35-33-31-29-27-25-23-16-14-12-10-8-6-4-2/h11,13,15,17,25,27,33,35,39-41,43-46,48-49,51-53H,3-10,12,14,16,18-24,26,28-32,34,36-38H2,1-2H3,(H,47,50)/b13-11-,17-15-,27-25+,35-33+. The van der Waals surface area contributed by atoms with Crippen LogP contribution in [0.3, 0.4) is 0 Å². The highest BCUT2D eigenvalue weighted by Gasteiger charge is 2.44. The molecule has 0 bridgehead atoms. The van der Waals surface area contributed by atoms with Crippen molar-refractivity contribution in [3.63, 3.8) is 0 Å². The van der Waals surface area contributed by atoms with Gasteiger partial charge in [-0.25, -0.2) is 0 Å². The lowest BCUT2D eigenvalue weighted by atomic mass is 9.99. The van der Waals surface area contributed by atoms with Crippen LogP contribution in [-0.4, -0.2) is 87.5 Å². The molecule has 0 radical (unpaired) electrons. The summed E-state index contributed by atoms with van der Waals surface area (Å²) >= 11 is 0. The van der Waals surface area contributed by atoms with E-state index in [1.807, 2.05) is 6.08 Å². The molecule has 1 rings (SSSR count). The zero-order valence-corrected chi connectivity index (χ0v) is 34.9. The number of aliphatic hydroxyl groups excluding tert-OH is 5. The average Bonchev–Trinajstić information content (AvgIpc) is 3.18. The molecular formula is C46H83NO8. The molecule has 1 saturated heterocycles. The molecule has 0 aromatic heterocycles. The number of aliphatic hydroxyl groups is 5. The molecule has 7 unspecified atom stereocenters. The maximum atomic E-state index is 12.9. The number of amides is 1. The quantitative estimate of drug-likeness (QED) is 0.0210. The molecule has 1 aliphatic rings. The number of allylic oxidation sites excluding steroid dienone is 7. The van der Waals surface area contributed by atoms with Crippen LogP contribution in [-0.2, 0) is 14.3 Å². The second kappa shape index (κ2) is 36.5. The van der Waals surface area contributed by atoms with E-state index >= 15 is 0 Å². The van der Waals surface area contributed by atoms with Crippen LogP contribution in [0.25, 0.3) is 0 Å². The zero-order valence-electron chi connectivity index (χ0n) is 34.9. The fraction of sp³-hybridized carbons (Fsp3) is 0.804. The van der Waals surface area contributed by atoms with Crippen molar-refractivity contribution >= 4 is 5.91 Å². The monoisotopic (exact) mass is 778 g/mol. The smallest absolute Gasteiger partial charge is 0.220 e. The molecule has 6 N–H and O–H groups in total. The van der Waals surface area contributed by atoms with Crippen molar-refractivity contribution in [1.82, 2.24) is 5.32 Å². The Balaban J connectivity index is 2.37. The van der Waals surface area contributed by atoms with E-state index in [1.165, 1.54) is 116 Å². The predicted molar refractivity (Wildman–Crippen MR) is 226 cm³/mol. The van der Waals surface area contributed by atoms with Gasteiger partial charge in [-0.15, -0.1) is 0 Å². The minimum absolute atomic E-state index is 0.194. The average molecular weight is 778 g/mol. The van der Waals surface area contributed by atoms with Crippen LogP contribution in [0, 0.1) is 0 Å². The fourth-order valence-electron chi connectivity index (χ4n) is 6.75. The van der Waals surface area contributed by atoms with Crippen LogP contribution in [0.1, 0.15) is 181 Å². The summed E-state index contributed by atoms with van der Waals surface area (Å²) in [7, 11) is 0. The van der Waals surface area contributed by atoms with Crippen molar-refractivity contribution in [3.05, 3.63) is 48.6 Å². The Bertz CT molecular complexity index is 998. The first kappa shape index (κ1) is 51.2. The fourth-order valence-corrected chi connectivity index (χ4v) is 6.75. The molecule has 9 heteroatoms. The minimum atomic E-state index is -1.57. The van der Waals surface area contributed by atoms with E-state index < -0.39 is 49.5 Å². The second-order valence-corrected chi connectivity index (χ2v) is 15.5. The molecule has 0 saturated carbocycles. The third kappa shape index (κ3) is 27.4. The van der Waals surface area contributed by atoms with Crippen LogP contribution in [0.4, 0.5) is 0 Å². The SMILES string of the molecule is CCCCC/C=C\C=C/CCCCCCCCCCCCC(=O)NC(COC1OC(CO)C(O)C(O)C1O)C(O)/C=C/CC/C=C/CCCCCCCCC. The second-order valence-electron chi connectivity index (χ2n) is 15.5. The summed E-state index contributed by atoms with van der Waals surface area (Å²) in [6.07, 6.45) is 38.6. The topological polar surface area (TPSA) is 149 Å². The van der Waals surface area contributed by atoms with Crippen molar-refractivity contribution < 1.29 is 39.8 Å². The largest absolute Gasteiger partial charge is 0.394 e. The lowest BCUT2D eigenvalue weighted by Crippen LogP contribution is -2.60. The van der Waals surface area contributed by atoms with Crippen molar-refractivity contribution in [1.29, 1.82) is 0 Å². The lowest BCUT2D eigenvalue weighted by molar-refractivity contribution is -0.302. The number of ether oxygens (including phenoxy) is 2. The summed E-state index contributed by atoms with van der Waals surface area (Å²) in [6.45, 7) is 3.70. The zero-order chi connectivity index (χ0) is 40.2. The molecule has 1 heterocycles. The van der Waals surface area contributed by atoms with Gasteiger partial charge in [0.1, 0.15) is 24.4 Å². The summed E-state index contributed by atoms with van der Waals surface area (Å²) in [5.41, 5.74) is 0. The Morgan fingerprint density at radius 2 is 1.09 bits per heavy atom. The number of rotatable bonds is 36. The van der Waals surface area contributed by atoms with E-state index in [1.54, 1.807) is 6.08 Å². The first-order chi connectivity index (χ1) is 26.8. The number of hydrogen-bond donors (Lipinski definition) is 6. The molecule has 320 valence electrons. The predicted octanol–water partition coefficient (Wildman–Crippen LogP) is 9.06. The molecule has 9 nitrogen and oxygen atoms in total. The molecule has 1 aliphatic heterocycles. The normalized spacial score (nSPS) is 21.8. The molecule has 1 fully saturated rings. The number of carbonyl (C=O) groups is 1. The summed E-state index contributed by atoms with van der Waals surface area (Å²) in [4.78, 5) is 12.9. The molecular weight excluding hydrogens is 695 g/mol. The van der Waals surface area contributed by atoms with Crippen molar-refractivity contribution in [3.8, 4) is 0 Å². The molecule has 55 heavy (non-hydrogen) atoms. The van der Waals surface area contributed by atoms with Crippen LogP contribution in [0.15, 0.2) is 48.6 Å². The van der Waals surface area contributed by atoms with Gasteiger partial charge in [-0.3, -0.25) is 4.79 Å². The molecule has 0 aromatic carbocycles. The van der Waals surface area contributed by atoms with Gasteiger partial charge in [-0.2, -0.15) is 0 Å². The third-order valence-corrected chi connectivity index (χ3v) is 10.4. The van der Waals surface area contributed by atoms with E-state index in [4.69, 9.17) is 9.47 Å². The van der Waals surface area contributed by atoms with Crippen molar-refractivity contribution in [2.24, 2.45) is 0 Å². The number of hydrogen-bond acceptors (Lipinski definition) is 8. The summed E-state index contributed by atoms with van der Waals surface area (Å²) in [5, 5.41) is 54.1. The summed E-state index contributed by atoms with van der Waals surface area (Å²) in [6, 6.07) is -0.822. The molecule has 1 amide bonds. The Morgan fingerprint density at radius 1 is 0.618 bits per heavy atom. The van der Waals surface area contributed by atoms with E-state index in [2.05, 4.69) is 55.6 Å². The minimum Gasteiger partial charge on any atom is -0.394 e. The summed E-state index contributed by atoms with van der Waals surface area (Å²) < 4.78 is 11.2. The molecule has 0 aromatic rings. The van der Waals surface area contributed by atoms with Crippen LogP contribution in [0.5, 0.6) is 0 Å². The number of carbonyl (C=O) groups excluding carboxylic acids is 1. The highest BCUT2D eigenvalue weighted by Crippen LogP contribution is 2.22. The van der Waals surface area contributed by atoms with Gasteiger partial charge in [-0.05, 0) is 57.8 Å². The first-order valence-electron chi connectivity index (χ1n) is 22.4. The van der Waals surface area contributed by atoms with Crippen LogP contribution >= 0.6 is 0 Å². The lowest BCUT2D eigenvalue weighted by Gasteiger charge is -2.40. The van der Waals surface area contributed by atoms with Crippen LogP contribution in [0.2, 0.25) is 0 Å². The highest BCUT2D eigenvalue weighted by molar-refractivity contribution is 5.76. The van der Waals surface area contributed by atoms with E-state index in [-0.39, 0.29) is 12.5 Å². The first-order valence-corrected chi connectivity index (χ1v) is 22.4. The Hall–Kier alpha value is -1.85. The van der Waals surface area contributed by atoms with Gasteiger partial charge in [0.15, 0.2) is 6.29 Å². The van der Waals surface area contributed by atoms with Gasteiger partial charge in [0.25, 0.3) is 0 Å². The van der Waals surface area contributed by atoms with E-state index in [9.17, 15) is 30.3 Å². The molecule has 0 aliphatic carbocycles. The Morgan fingerprint density at radius 3 is 1.67 bits per heavy atom. The number of unbranched alkanes of at least 4 members (excludes halogenated alkanes) is 21.